The molecule has 1 aromatic rings. The van der Waals surface area contributed by atoms with Crippen molar-refractivity contribution in [3.8, 4) is 0 Å². The van der Waals surface area contributed by atoms with Gasteiger partial charge in [-0.15, -0.1) is 0 Å². The van der Waals surface area contributed by atoms with Crippen molar-refractivity contribution in [1.29, 1.82) is 5.41 Å². The molecule has 0 radical (unpaired) electrons. The fourth-order valence-electron chi connectivity index (χ4n) is 2.56. The Kier molecular flexibility index (Phi) is 5.09. The first-order chi connectivity index (χ1) is 9.60. The van der Waals surface area contributed by atoms with Gasteiger partial charge in [-0.2, -0.15) is 0 Å². The minimum atomic E-state index is -0.360. The van der Waals surface area contributed by atoms with Gasteiger partial charge >= 0.3 is 0 Å². The number of nitrogens with zero attached hydrogens (tertiary/aromatic N) is 1. The summed E-state index contributed by atoms with van der Waals surface area (Å²) in [6.07, 6.45) is 2.51. The van der Waals surface area contributed by atoms with Crippen molar-refractivity contribution < 1.29 is 9.13 Å². The lowest BCUT2D eigenvalue weighted by atomic mass is 10.1. The van der Waals surface area contributed by atoms with Crippen molar-refractivity contribution in [2.24, 2.45) is 5.73 Å². The molecule has 1 atom stereocenters. The first-order valence-electron chi connectivity index (χ1n) is 7.07. The van der Waals surface area contributed by atoms with Gasteiger partial charge in [0.2, 0.25) is 0 Å². The second kappa shape index (κ2) is 6.81. The average Bonchev–Trinajstić information content (AvgIpc) is 2.92. The monoisotopic (exact) mass is 279 g/mol. The van der Waals surface area contributed by atoms with E-state index >= 15 is 0 Å². The van der Waals surface area contributed by atoms with Crippen molar-refractivity contribution in [3.05, 3.63) is 35.1 Å². The quantitative estimate of drug-likeness (QED) is 0.619. The topological polar surface area (TPSA) is 62.3 Å². The molecule has 0 aromatic heterocycles. The van der Waals surface area contributed by atoms with Crippen LogP contribution in [0.3, 0.4) is 0 Å². The Balaban J connectivity index is 2.08. The Hall–Kier alpha value is -1.46. The zero-order valence-corrected chi connectivity index (χ0v) is 11.9. The molecule has 1 saturated heterocycles. The van der Waals surface area contributed by atoms with Crippen LogP contribution in [0.2, 0.25) is 0 Å². The first-order valence-corrected chi connectivity index (χ1v) is 7.07. The number of likely N-dealkylation sites (N-methyl/N-ethyl adjacent to an activating group) is 1. The van der Waals surface area contributed by atoms with E-state index < -0.39 is 0 Å². The van der Waals surface area contributed by atoms with E-state index in [4.69, 9.17) is 15.9 Å². The summed E-state index contributed by atoms with van der Waals surface area (Å²) in [6.45, 7) is 5.34. The summed E-state index contributed by atoms with van der Waals surface area (Å²) in [5.41, 5.74) is 6.91. The molecule has 1 aliphatic heterocycles. The van der Waals surface area contributed by atoms with Gasteiger partial charge < -0.3 is 10.5 Å². The van der Waals surface area contributed by atoms with Crippen molar-refractivity contribution in [3.63, 3.8) is 0 Å². The second-order valence-electron chi connectivity index (χ2n) is 5.18. The van der Waals surface area contributed by atoms with E-state index in [0.717, 1.165) is 38.1 Å². The molecule has 2 rings (SSSR count). The fourth-order valence-corrected chi connectivity index (χ4v) is 2.56. The van der Waals surface area contributed by atoms with Crippen LogP contribution in [0.1, 0.15) is 30.9 Å². The molecule has 3 N–H and O–H groups in total. The number of rotatable bonds is 6. The number of ether oxygens (including phenoxy) is 1. The van der Waals surface area contributed by atoms with Gasteiger partial charge in [-0.05, 0) is 37.1 Å². The molecule has 1 fully saturated rings. The minimum absolute atomic E-state index is 0.0901. The third-order valence-electron chi connectivity index (χ3n) is 3.69. The Labute approximate surface area is 119 Å². The molecule has 5 heteroatoms. The zero-order chi connectivity index (χ0) is 14.5. The fraction of sp³-hybridized carbons (Fsp3) is 0.533. The zero-order valence-electron chi connectivity index (χ0n) is 11.9. The van der Waals surface area contributed by atoms with Gasteiger partial charge in [0.1, 0.15) is 11.7 Å². The molecule has 110 valence electrons. The molecule has 0 aliphatic carbocycles. The van der Waals surface area contributed by atoms with Crippen molar-refractivity contribution in [1.82, 2.24) is 4.90 Å². The van der Waals surface area contributed by atoms with Crippen LogP contribution in [0.5, 0.6) is 0 Å². The molecular formula is C15H22FN3O. The summed E-state index contributed by atoms with van der Waals surface area (Å²) >= 11 is 0. The largest absolute Gasteiger partial charge is 0.384 e. The minimum Gasteiger partial charge on any atom is -0.384 e. The summed E-state index contributed by atoms with van der Waals surface area (Å²) in [5.74, 6) is -0.450. The highest BCUT2D eigenvalue weighted by Crippen LogP contribution is 2.17. The molecule has 20 heavy (non-hydrogen) atoms. The predicted molar refractivity (Wildman–Crippen MR) is 77.3 cm³/mol. The lowest BCUT2D eigenvalue weighted by molar-refractivity contribution is 0.0724. The summed E-state index contributed by atoms with van der Waals surface area (Å²) in [6, 6.07) is 4.46. The molecule has 0 amide bonds. The number of benzene rings is 1. The van der Waals surface area contributed by atoms with Crippen molar-refractivity contribution in [2.45, 2.75) is 32.4 Å². The predicted octanol–water partition coefficient (Wildman–Crippen LogP) is 2.11. The Bertz CT molecular complexity index is 472. The Morgan fingerprint density at radius 3 is 2.95 bits per heavy atom. The maximum absolute atomic E-state index is 13.3. The molecule has 0 bridgehead atoms. The van der Waals surface area contributed by atoms with E-state index in [1.807, 2.05) is 0 Å². The lowest BCUT2D eigenvalue weighted by Crippen LogP contribution is -2.32. The van der Waals surface area contributed by atoms with Crippen molar-refractivity contribution in [2.75, 3.05) is 19.7 Å². The van der Waals surface area contributed by atoms with E-state index in [0.29, 0.717) is 12.1 Å². The van der Waals surface area contributed by atoms with Gasteiger partial charge in [0.25, 0.3) is 0 Å². The standard InChI is InChI=1S/C15H22FN3O/c1-2-19(10-13-4-3-7-20-13)9-11-5-6-12(16)8-14(11)15(17)18/h5-6,8,13H,2-4,7,9-10H2,1H3,(H3,17,18). The summed E-state index contributed by atoms with van der Waals surface area (Å²) in [7, 11) is 0. The number of amidine groups is 1. The molecular weight excluding hydrogens is 257 g/mol. The maximum atomic E-state index is 13.3. The number of halogens is 1. The molecule has 4 nitrogen and oxygen atoms in total. The molecule has 1 heterocycles. The summed E-state index contributed by atoms with van der Waals surface area (Å²) in [4.78, 5) is 2.25. The van der Waals surface area contributed by atoms with Gasteiger partial charge in [-0.3, -0.25) is 10.3 Å². The van der Waals surface area contributed by atoms with Gasteiger partial charge in [0.05, 0.1) is 6.10 Å². The van der Waals surface area contributed by atoms with Crippen molar-refractivity contribution >= 4 is 5.84 Å². The third kappa shape index (κ3) is 3.77. The Morgan fingerprint density at radius 2 is 2.35 bits per heavy atom. The van der Waals surface area contributed by atoms with Gasteiger partial charge in [-0.25, -0.2) is 4.39 Å². The molecule has 1 aromatic carbocycles. The number of hydrogen-bond donors (Lipinski definition) is 2. The van der Waals surface area contributed by atoms with E-state index in [1.54, 1.807) is 6.07 Å². The van der Waals surface area contributed by atoms with Crippen LogP contribution in [0.4, 0.5) is 4.39 Å². The molecule has 0 spiro atoms. The molecule has 1 aliphatic rings. The van der Waals surface area contributed by atoms with Crippen LogP contribution < -0.4 is 5.73 Å². The highest BCUT2D eigenvalue weighted by atomic mass is 19.1. The number of nitrogen functional groups attached to an aromatic ring is 1. The lowest BCUT2D eigenvalue weighted by Gasteiger charge is -2.24. The van der Waals surface area contributed by atoms with Crippen LogP contribution in [-0.2, 0) is 11.3 Å². The van der Waals surface area contributed by atoms with Crippen LogP contribution >= 0.6 is 0 Å². The van der Waals surface area contributed by atoms with Crippen LogP contribution in [0, 0.1) is 11.2 Å². The summed E-state index contributed by atoms with van der Waals surface area (Å²) < 4.78 is 18.9. The van der Waals surface area contributed by atoms with Crippen LogP contribution in [0.25, 0.3) is 0 Å². The second-order valence-corrected chi connectivity index (χ2v) is 5.18. The van der Waals surface area contributed by atoms with E-state index in [-0.39, 0.29) is 17.8 Å². The average molecular weight is 279 g/mol. The molecule has 1 unspecified atom stereocenters. The number of nitrogens with two attached hydrogens (primary N) is 1. The van der Waals surface area contributed by atoms with Gasteiger partial charge in [0, 0.05) is 25.3 Å². The normalized spacial score (nSPS) is 18.6. The molecule has 0 saturated carbocycles. The SMILES string of the molecule is CCN(Cc1ccc(F)cc1C(=N)N)CC1CCCO1. The van der Waals surface area contributed by atoms with E-state index in [9.17, 15) is 4.39 Å². The number of nitrogens with one attached hydrogen (secondary N) is 1. The van der Waals surface area contributed by atoms with Crippen LogP contribution in [0.15, 0.2) is 18.2 Å². The summed E-state index contributed by atoms with van der Waals surface area (Å²) in [5, 5.41) is 7.57. The smallest absolute Gasteiger partial charge is 0.123 e. The maximum Gasteiger partial charge on any atom is 0.123 e. The Morgan fingerprint density at radius 1 is 1.55 bits per heavy atom. The van der Waals surface area contributed by atoms with E-state index in [2.05, 4.69) is 11.8 Å². The first kappa shape index (κ1) is 14.9. The number of hydrogen-bond acceptors (Lipinski definition) is 3. The van der Waals surface area contributed by atoms with Gasteiger partial charge in [0.15, 0.2) is 0 Å². The van der Waals surface area contributed by atoms with E-state index in [1.165, 1.54) is 12.1 Å². The highest BCUT2D eigenvalue weighted by molar-refractivity contribution is 5.96. The van der Waals surface area contributed by atoms with Crippen LogP contribution in [-0.4, -0.2) is 36.5 Å². The third-order valence-corrected chi connectivity index (χ3v) is 3.69. The highest BCUT2D eigenvalue weighted by Gasteiger charge is 2.19. The van der Waals surface area contributed by atoms with Gasteiger partial charge in [-0.1, -0.05) is 13.0 Å².